The summed E-state index contributed by atoms with van der Waals surface area (Å²) in [4.78, 5) is 7.05. The van der Waals surface area contributed by atoms with Crippen molar-refractivity contribution < 1.29 is 13.7 Å². The number of rotatable bonds is 8. The molecule has 7 nitrogen and oxygen atoms in total. The van der Waals surface area contributed by atoms with Crippen LogP contribution in [-0.2, 0) is 19.5 Å². The molecule has 2 aromatic heterocycles. The number of aryl methyl sites for hydroxylation is 1. The number of likely N-dealkylation sites (tertiary alicyclic amines) is 1. The molecule has 0 saturated carbocycles. The zero-order valence-corrected chi connectivity index (χ0v) is 17.6. The minimum absolute atomic E-state index is 0.127. The van der Waals surface area contributed by atoms with Crippen molar-refractivity contribution in [2.45, 2.75) is 58.7 Å². The monoisotopic (exact) mass is 413 g/mol. The van der Waals surface area contributed by atoms with Crippen LogP contribution in [0.15, 0.2) is 35.0 Å². The Morgan fingerprint density at radius 3 is 2.83 bits per heavy atom. The van der Waals surface area contributed by atoms with Crippen LogP contribution in [0.2, 0.25) is 0 Å². The van der Waals surface area contributed by atoms with Gasteiger partial charge in [0.15, 0.2) is 5.82 Å². The first kappa shape index (κ1) is 20.5. The topological polar surface area (TPSA) is 69.2 Å². The highest BCUT2D eigenvalue weighted by Crippen LogP contribution is 2.31. The molecule has 1 saturated heterocycles. The highest BCUT2D eigenvalue weighted by molar-refractivity contribution is 5.22. The second-order valence-corrected chi connectivity index (χ2v) is 7.65. The van der Waals surface area contributed by atoms with E-state index in [1.807, 2.05) is 10.9 Å². The molecule has 3 heterocycles. The minimum Gasteiger partial charge on any atom is -0.493 e. The third-order valence-electron chi connectivity index (χ3n) is 5.67. The second-order valence-electron chi connectivity index (χ2n) is 7.65. The van der Waals surface area contributed by atoms with E-state index in [1.54, 1.807) is 12.1 Å². The molecule has 0 spiro atoms. The van der Waals surface area contributed by atoms with E-state index in [2.05, 4.69) is 34.0 Å². The molecule has 0 N–H and O–H groups in total. The maximum absolute atomic E-state index is 13.0. The van der Waals surface area contributed by atoms with Crippen molar-refractivity contribution in [1.82, 2.24) is 24.8 Å². The van der Waals surface area contributed by atoms with Crippen LogP contribution in [-0.4, -0.2) is 38.0 Å². The summed E-state index contributed by atoms with van der Waals surface area (Å²) in [7, 11) is 0. The van der Waals surface area contributed by atoms with Gasteiger partial charge in [0.05, 0.1) is 18.8 Å². The summed E-state index contributed by atoms with van der Waals surface area (Å²) in [6, 6.07) is 6.11. The normalized spacial score (nSPS) is 17.4. The number of aromatic nitrogens is 4. The lowest BCUT2D eigenvalue weighted by Gasteiger charge is -2.33. The Morgan fingerprint density at radius 2 is 2.07 bits per heavy atom. The average Bonchev–Trinajstić information content (AvgIpc) is 3.37. The molecule has 1 atom stereocenters. The Labute approximate surface area is 175 Å². The summed E-state index contributed by atoms with van der Waals surface area (Å²) in [5.41, 5.74) is 2.46. The number of ether oxygens (including phenoxy) is 1. The van der Waals surface area contributed by atoms with Gasteiger partial charge in [-0.3, -0.25) is 9.58 Å². The van der Waals surface area contributed by atoms with Gasteiger partial charge < -0.3 is 9.26 Å². The van der Waals surface area contributed by atoms with Crippen LogP contribution in [0.25, 0.3) is 0 Å². The maximum atomic E-state index is 13.0. The van der Waals surface area contributed by atoms with Gasteiger partial charge in [-0.15, -0.1) is 0 Å². The first-order valence-electron chi connectivity index (χ1n) is 10.6. The van der Waals surface area contributed by atoms with Crippen LogP contribution in [0.1, 0.15) is 55.2 Å². The van der Waals surface area contributed by atoms with Gasteiger partial charge in [-0.25, -0.2) is 4.39 Å². The van der Waals surface area contributed by atoms with Crippen molar-refractivity contribution in [3.63, 3.8) is 0 Å². The molecule has 0 radical (unpaired) electrons. The summed E-state index contributed by atoms with van der Waals surface area (Å²) in [5.74, 6) is 1.65. The molecule has 1 aliphatic rings. The van der Waals surface area contributed by atoms with E-state index in [-0.39, 0.29) is 11.9 Å². The predicted molar refractivity (Wildman–Crippen MR) is 110 cm³/mol. The third kappa shape index (κ3) is 4.70. The first-order valence-corrected chi connectivity index (χ1v) is 10.6. The van der Waals surface area contributed by atoms with Crippen molar-refractivity contribution >= 4 is 0 Å². The van der Waals surface area contributed by atoms with Crippen LogP contribution in [0.5, 0.6) is 5.75 Å². The average molecular weight is 413 g/mol. The molecular weight excluding hydrogens is 385 g/mol. The maximum Gasteiger partial charge on any atom is 0.244 e. The molecule has 1 fully saturated rings. The van der Waals surface area contributed by atoms with E-state index in [4.69, 9.17) is 9.26 Å². The van der Waals surface area contributed by atoms with Crippen molar-refractivity contribution in [3.05, 3.63) is 59.3 Å². The number of hydrogen-bond acceptors (Lipinski definition) is 6. The molecule has 1 unspecified atom stereocenters. The Morgan fingerprint density at radius 1 is 1.23 bits per heavy atom. The predicted octanol–water partition coefficient (Wildman–Crippen LogP) is 4.08. The molecule has 3 aromatic rings. The van der Waals surface area contributed by atoms with Gasteiger partial charge in [-0.2, -0.15) is 10.1 Å². The summed E-state index contributed by atoms with van der Waals surface area (Å²) >= 11 is 0. The van der Waals surface area contributed by atoms with Gasteiger partial charge in [0.1, 0.15) is 11.6 Å². The molecule has 30 heavy (non-hydrogen) atoms. The van der Waals surface area contributed by atoms with Gasteiger partial charge in [0, 0.05) is 30.8 Å². The zero-order valence-electron chi connectivity index (χ0n) is 17.6. The van der Waals surface area contributed by atoms with Gasteiger partial charge >= 0.3 is 0 Å². The molecule has 1 aliphatic heterocycles. The van der Waals surface area contributed by atoms with Crippen molar-refractivity contribution in [3.8, 4) is 5.75 Å². The van der Waals surface area contributed by atoms with E-state index in [0.717, 1.165) is 32.5 Å². The number of piperidine rings is 1. The summed E-state index contributed by atoms with van der Waals surface area (Å²) in [6.45, 7) is 7.36. The smallest absolute Gasteiger partial charge is 0.244 e. The van der Waals surface area contributed by atoms with Gasteiger partial charge in [0.2, 0.25) is 5.89 Å². The summed E-state index contributed by atoms with van der Waals surface area (Å²) in [6.07, 6.45) is 5.84. The standard InChI is InChI=1S/C22H28FN5O2/c1-3-28-16(2)17(14-24-28)15-27-12-5-4-6-20(27)22-25-21(26-30-22)11-13-29-19-9-7-18(23)8-10-19/h7-10,14,20H,3-6,11-13,15H2,1-2H3. The SMILES string of the molecule is CCn1ncc(CN2CCCCC2c2nc(CCOc3ccc(F)cc3)no2)c1C. The van der Waals surface area contributed by atoms with E-state index in [9.17, 15) is 4.39 Å². The van der Waals surface area contributed by atoms with Crippen molar-refractivity contribution in [2.24, 2.45) is 0 Å². The van der Waals surface area contributed by atoms with Crippen LogP contribution < -0.4 is 4.74 Å². The number of halogens is 1. The summed E-state index contributed by atoms with van der Waals surface area (Å²) < 4.78 is 26.3. The van der Waals surface area contributed by atoms with E-state index in [0.29, 0.717) is 30.5 Å². The van der Waals surface area contributed by atoms with Gasteiger partial charge in [0.25, 0.3) is 0 Å². The van der Waals surface area contributed by atoms with Gasteiger partial charge in [-0.1, -0.05) is 11.6 Å². The Bertz CT molecular complexity index is 953. The zero-order chi connectivity index (χ0) is 20.9. The number of hydrogen-bond donors (Lipinski definition) is 0. The summed E-state index contributed by atoms with van der Waals surface area (Å²) in [5, 5.41) is 8.61. The van der Waals surface area contributed by atoms with E-state index < -0.39 is 0 Å². The van der Waals surface area contributed by atoms with Crippen LogP contribution >= 0.6 is 0 Å². The lowest BCUT2D eigenvalue weighted by Crippen LogP contribution is -2.33. The lowest BCUT2D eigenvalue weighted by atomic mass is 10.0. The van der Waals surface area contributed by atoms with Crippen LogP contribution in [0.4, 0.5) is 4.39 Å². The Hall–Kier alpha value is -2.74. The molecule has 0 bridgehead atoms. The molecule has 0 aliphatic carbocycles. The van der Waals surface area contributed by atoms with Crippen LogP contribution in [0, 0.1) is 12.7 Å². The van der Waals surface area contributed by atoms with Gasteiger partial charge in [-0.05, 0) is 57.5 Å². The fraction of sp³-hybridized carbons (Fsp3) is 0.500. The quantitative estimate of drug-likeness (QED) is 0.554. The number of nitrogens with zero attached hydrogens (tertiary/aromatic N) is 5. The highest BCUT2D eigenvalue weighted by atomic mass is 19.1. The molecule has 160 valence electrons. The molecule has 1 aromatic carbocycles. The fourth-order valence-corrected chi connectivity index (χ4v) is 3.93. The largest absolute Gasteiger partial charge is 0.493 e. The van der Waals surface area contributed by atoms with Crippen LogP contribution in [0.3, 0.4) is 0 Å². The second kappa shape index (κ2) is 9.38. The lowest BCUT2D eigenvalue weighted by molar-refractivity contribution is 0.111. The van der Waals surface area contributed by atoms with Crippen molar-refractivity contribution in [2.75, 3.05) is 13.2 Å². The molecule has 0 amide bonds. The third-order valence-corrected chi connectivity index (χ3v) is 5.67. The van der Waals surface area contributed by atoms with E-state index >= 15 is 0 Å². The Kier molecular flexibility index (Phi) is 6.42. The van der Waals surface area contributed by atoms with E-state index in [1.165, 1.54) is 29.8 Å². The highest BCUT2D eigenvalue weighted by Gasteiger charge is 2.29. The molecule has 8 heteroatoms. The van der Waals surface area contributed by atoms with Crippen molar-refractivity contribution in [1.29, 1.82) is 0 Å². The number of benzene rings is 1. The minimum atomic E-state index is -0.278. The molecular formula is C22H28FN5O2. The molecule has 4 rings (SSSR count). The Balaban J connectivity index is 1.37. The fourth-order valence-electron chi connectivity index (χ4n) is 3.93. The first-order chi connectivity index (χ1) is 14.6.